The van der Waals surface area contributed by atoms with Crippen LogP contribution in [0.1, 0.15) is 64.7 Å². The summed E-state index contributed by atoms with van der Waals surface area (Å²) >= 11 is 0. The van der Waals surface area contributed by atoms with E-state index in [0.717, 1.165) is 44.1 Å². The van der Waals surface area contributed by atoms with Gasteiger partial charge in [-0.2, -0.15) is 0 Å². The molecule has 0 amide bonds. The van der Waals surface area contributed by atoms with E-state index in [1.807, 2.05) is 6.08 Å². The van der Waals surface area contributed by atoms with Gasteiger partial charge < -0.3 is 14.2 Å². The number of methoxy groups -OCH3 is 1. The zero-order chi connectivity index (χ0) is 20.7. The monoisotopic (exact) mass is 412 g/mol. The van der Waals surface area contributed by atoms with Crippen LogP contribution in [-0.2, 0) is 28.6 Å². The van der Waals surface area contributed by atoms with Crippen molar-refractivity contribution < 1.29 is 28.6 Å². The molecule has 0 radical (unpaired) electrons. The second kappa shape index (κ2) is 4.87. The Labute approximate surface area is 175 Å². The third-order valence-corrected chi connectivity index (χ3v) is 10.8. The van der Waals surface area contributed by atoms with Crippen molar-refractivity contribution in [2.24, 2.45) is 28.1 Å². The summed E-state index contributed by atoms with van der Waals surface area (Å²) in [5.74, 6) is 0.279. The van der Waals surface area contributed by atoms with E-state index in [4.69, 9.17) is 14.2 Å². The molecule has 2 bridgehead atoms. The van der Waals surface area contributed by atoms with Crippen molar-refractivity contribution in [3.63, 3.8) is 0 Å². The molecule has 6 fully saturated rings. The van der Waals surface area contributed by atoms with Gasteiger partial charge in [0.25, 0.3) is 0 Å². The van der Waals surface area contributed by atoms with Crippen LogP contribution in [0.15, 0.2) is 11.6 Å². The van der Waals surface area contributed by atoms with Crippen LogP contribution in [0.4, 0.5) is 0 Å². The number of hydrogen-bond acceptors (Lipinski definition) is 6. The molecule has 0 N–H and O–H groups in total. The highest BCUT2D eigenvalue weighted by molar-refractivity contribution is 5.93. The summed E-state index contributed by atoms with van der Waals surface area (Å²) < 4.78 is 18.1. The lowest BCUT2D eigenvalue weighted by Crippen LogP contribution is -2.60. The van der Waals surface area contributed by atoms with Crippen LogP contribution in [0, 0.1) is 28.1 Å². The maximum Gasteiger partial charge on any atom is 0.312 e. The quantitative estimate of drug-likeness (QED) is 0.487. The number of ether oxygens (including phenoxy) is 3. The number of fused-ring (bicyclic) bond motifs is 5. The SMILES string of the molecule is COC(=O)[C@]12CC3=CC(=O)CC[C@]3(C1)[C@@]13O[C@@H]1C[C@@]1(C)[C@@H](CC[C@@]14CCC(=O)O4)[C@H]23. The molecule has 7 rings (SSSR count). The second-order valence-electron chi connectivity index (χ2n) is 11.3. The summed E-state index contributed by atoms with van der Waals surface area (Å²) in [4.78, 5) is 37.8. The molecule has 0 aromatic heterocycles. The maximum absolute atomic E-state index is 13.4. The van der Waals surface area contributed by atoms with Crippen LogP contribution >= 0.6 is 0 Å². The summed E-state index contributed by atoms with van der Waals surface area (Å²) in [5, 5.41) is 0. The first kappa shape index (κ1) is 17.9. The van der Waals surface area contributed by atoms with Crippen LogP contribution in [0.2, 0.25) is 0 Å². The van der Waals surface area contributed by atoms with E-state index in [9.17, 15) is 14.4 Å². The molecule has 2 heterocycles. The lowest BCUT2D eigenvalue weighted by atomic mass is 9.47. The van der Waals surface area contributed by atoms with Gasteiger partial charge in [-0.15, -0.1) is 0 Å². The number of ketones is 1. The fourth-order valence-corrected chi connectivity index (χ4v) is 9.81. The molecule has 8 atom stereocenters. The van der Waals surface area contributed by atoms with Crippen molar-refractivity contribution in [3.05, 3.63) is 11.6 Å². The van der Waals surface area contributed by atoms with E-state index >= 15 is 0 Å². The van der Waals surface area contributed by atoms with Gasteiger partial charge in [0.05, 0.1) is 18.6 Å². The lowest BCUT2D eigenvalue weighted by molar-refractivity contribution is -0.171. The van der Waals surface area contributed by atoms with E-state index in [1.165, 1.54) is 7.11 Å². The van der Waals surface area contributed by atoms with E-state index < -0.39 is 11.0 Å². The number of hydrogen-bond donors (Lipinski definition) is 0. The van der Waals surface area contributed by atoms with Gasteiger partial charge in [-0.25, -0.2) is 0 Å². The van der Waals surface area contributed by atoms with E-state index in [0.29, 0.717) is 19.3 Å². The molecule has 2 aliphatic heterocycles. The number of carbonyl (C=O) groups excluding carboxylic acids is 3. The van der Waals surface area contributed by atoms with Crippen LogP contribution in [-0.4, -0.2) is 42.1 Å². The van der Waals surface area contributed by atoms with Crippen LogP contribution in [0.25, 0.3) is 0 Å². The number of esters is 2. The van der Waals surface area contributed by atoms with Gasteiger partial charge in [0.15, 0.2) is 5.78 Å². The van der Waals surface area contributed by atoms with Crippen molar-refractivity contribution in [2.75, 3.05) is 7.11 Å². The smallest absolute Gasteiger partial charge is 0.312 e. The first-order chi connectivity index (χ1) is 14.3. The molecule has 6 nitrogen and oxygen atoms in total. The summed E-state index contributed by atoms with van der Waals surface area (Å²) in [7, 11) is 1.48. The predicted octanol–water partition coefficient (Wildman–Crippen LogP) is 2.88. The predicted molar refractivity (Wildman–Crippen MR) is 103 cm³/mol. The molecular weight excluding hydrogens is 384 g/mol. The molecule has 2 saturated heterocycles. The number of rotatable bonds is 1. The average Bonchev–Trinajstić information content (AvgIpc) is 2.97. The first-order valence-corrected chi connectivity index (χ1v) is 11.5. The van der Waals surface area contributed by atoms with Gasteiger partial charge in [-0.3, -0.25) is 14.4 Å². The van der Waals surface area contributed by atoms with Crippen molar-refractivity contribution in [1.82, 2.24) is 0 Å². The standard InChI is InChI=1S/C24H28O6/c1-20-11-16-24(29-16)18(15(20)4-7-23(20)8-5-17(26)30-23)21(19(27)28-2)10-13-9-14(25)3-6-22(13,24)12-21/h9,15-16,18H,3-8,10-12H2,1-2H3/t15-,16+,18+,20-,21+,22+,23+,24+/m0/s1. The van der Waals surface area contributed by atoms with Crippen molar-refractivity contribution in [2.45, 2.75) is 82.0 Å². The highest BCUT2D eigenvalue weighted by atomic mass is 16.6. The van der Waals surface area contributed by atoms with Crippen LogP contribution in [0.5, 0.6) is 0 Å². The topological polar surface area (TPSA) is 82.2 Å². The minimum atomic E-state index is -0.625. The Bertz CT molecular complexity index is 969. The summed E-state index contributed by atoms with van der Waals surface area (Å²) in [5.41, 5.74) is -0.624. The van der Waals surface area contributed by atoms with E-state index in [-0.39, 0.29) is 52.1 Å². The Kier molecular flexibility index (Phi) is 2.91. The zero-order valence-electron chi connectivity index (χ0n) is 17.6. The summed E-state index contributed by atoms with van der Waals surface area (Å²) in [6.45, 7) is 2.28. The second-order valence-corrected chi connectivity index (χ2v) is 11.3. The van der Waals surface area contributed by atoms with Crippen molar-refractivity contribution in [1.29, 1.82) is 0 Å². The van der Waals surface area contributed by atoms with Gasteiger partial charge in [-0.1, -0.05) is 12.5 Å². The number of carbonyl (C=O) groups is 3. The Hall–Kier alpha value is -1.69. The highest BCUT2D eigenvalue weighted by Crippen LogP contribution is 2.87. The molecule has 4 saturated carbocycles. The molecule has 5 aliphatic carbocycles. The molecule has 7 aliphatic rings. The normalized spacial score (nSPS) is 56.7. The molecule has 0 aromatic rings. The minimum absolute atomic E-state index is 0.0708. The Balaban J connectivity index is 1.41. The lowest BCUT2D eigenvalue weighted by Gasteiger charge is -2.54. The molecule has 3 spiro atoms. The van der Waals surface area contributed by atoms with Gasteiger partial charge in [0.2, 0.25) is 0 Å². The largest absolute Gasteiger partial charge is 0.469 e. The fourth-order valence-electron chi connectivity index (χ4n) is 9.81. The fraction of sp³-hybridized carbons (Fsp3) is 0.792. The van der Waals surface area contributed by atoms with E-state index in [2.05, 4.69) is 6.92 Å². The Morgan fingerprint density at radius 3 is 2.77 bits per heavy atom. The van der Waals surface area contributed by atoms with Crippen LogP contribution < -0.4 is 0 Å². The molecule has 160 valence electrons. The Morgan fingerprint density at radius 2 is 2.03 bits per heavy atom. The zero-order valence-corrected chi connectivity index (χ0v) is 17.6. The maximum atomic E-state index is 13.4. The molecular formula is C24H28O6. The minimum Gasteiger partial charge on any atom is -0.469 e. The van der Waals surface area contributed by atoms with Gasteiger partial charge in [0.1, 0.15) is 11.2 Å². The summed E-state index contributed by atoms with van der Waals surface area (Å²) in [6.07, 6.45) is 8.56. The van der Waals surface area contributed by atoms with Gasteiger partial charge in [-0.05, 0) is 56.9 Å². The van der Waals surface area contributed by atoms with Gasteiger partial charge >= 0.3 is 11.9 Å². The molecule has 30 heavy (non-hydrogen) atoms. The Morgan fingerprint density at radius 1 is 1.20 bits per heavy atom. The van der Waals surface area contributed by atoms with Crippen LogP contribution in [0.3, 0.4) is 0 Å². The molecule has 0 unspecified atom stereocenters. The molecule has 0 aromatic carbocycles. The third-order valence-electron chi connectivity index (χ3n) is 10.8. The van der Waals surface area contributed by atoms with Gasteiger partial charge in [0, 0.05) is 29.6 Å². The van der Waals surface area contributed by atoms with Crippen molar-refractivity contribution in [3.8, 4) is 0 Å². The summed E-state index contributed by atoms with van der Waals surface area (Å²) in [6, 6.07) is 0. The molecule has 6 heteroatoms. The first-order valence-electron chi connectivity index (χ1n) is 11.5. The third kappa shape index (κ3) is 1.55. The number of epoxide rings is 1. The van der Waals surface area contributed by atoms with E-state index in [1.54, 1.807) is 0 Å². The van der Waals surface area contributed by atoms with Crippen molar-refractivity contribution >= 4 is 17.7 Å². The average molecular weight is 412 g/mol. The highest BCUT2D eigenvalue weighted by Gasteiger charge is 2.91.